The van der Waals surface area contributed by atoms with Gasteiger partial charge in [0.25, 0.3) is 0 Å². The molecule has 0 saturated heterocycles. The third-order valence-corrected chi connectivity index (χ3v) is 4.83. The summed E-state index contributed by atoms with van der Waals surface area (Å²) < 4.78 is 20.1. The molecule has 0 unspecified atom stereocenters. The molecule has 0 aromatic heterocycles. The summed E-state index contributed by atoms with van der Waals surface area (Å²) in [6, 6.07) is 19.9. The first kappa shape index (κ1) is 21.3. The first-order chi connectivity index (χ1) is 14.5. The smallest absolute Gasteiger partial charge is 0.163 e. The highest BCUT2D eigenvalue weighted by Gasteiger charge is 2.09. The fourth-order valence-corrected chi connectivity index (χ4v) is 3.16. The zero-order chi connectivity index (χ0) is 21.3. The van der Waals surface area contributed by atoms with Gasteiger partial charge in [-0.25, -0.2) is 4.39 Å². The Morgan fingerprint density at radius 2 is 1.73 bits per heavy atom. The van der Waals surface area contributed by atoms with E-state index in [1.54, 1.807) is 42.5 Å². The van der Waals surface area contributed by atoms with Crippen LogP contribution in [-0.4, -0.2) is 17.5 Å². The molecule has 0 saturated carbocycles. The first-order valence-corrected chi connectivity index (χ1v) is 10.0. The molecule has 0 heterocycles. The van der Waals surface area contributed by atoms with Gasteiger partial charge in [-0.05, 0) is 49.9 Å². The minimum Gasteiger partial charge on any atom is -0.507 e. The van der Waals surface area contributed by atoms with E-state index in [1.165, 1.54) is 18.6 Å². The summed E-state index contributed by atoms with van der Waals surface area (Å²) in [5.74, 6) is -0.239. The predicted molar refractivity (Wildman–Crippen MR) is 118 cm³/mol. The van der Waals surface area contributed by atoms with Crippen molar-refractivity contribution in [3.8, 4) is 11.5 Å². The van der Waals surface area contributed by atoms with Crippen molar-refractivity contribution in [1.82, 2.24) is 0 Å². The number of rotatable bonds is 9. The molecule has 0 aliphatic heterocycles. The van der Waals surface area contributed by atoms with Crippen molar-refractivity contribution in [3.63, 3.8) is 0 Å². The molecule has 154 valence electrons. The summed E-state index contributed by atoms with van der Waals surface area (Å²) in [5, 5.41) is 10.2. The lowest BCUT2D eigenvalue weighted by atomic mass is 10.0. The molecule has 0 bridgehead atoms. The van der Waals surface area contributed by atoms with E-state index >= 15 is 0 Å². The van der Waals surface area contributed by atoms with Gasteiger partial charge in [0.05, 0.1) is 12.2 Å². The number of halogens is 1. The van der Waals surface area contributed by atoms with Crippen LogP contribution < -0.4 is 4.74 Å². The number of benzene rings is 3. The third-order valence-electron chi connectivity index (χ3n) is 4.83. The number of para-hydroxylation sites is 1. The van der Waals surface area contributed by atoms with Gasteiger partial charge in [-0.3, -0.25) is 4.79 Å². The Balaban J connectivity index is 1.54. The van der Waals surface area contributed by atoms with Crippen LogP contribution in [-0.2, 0) is 6.42 Å². The Bertz CT molecular complexity index is 1030. The van der Waals surface area contributed by atoms with Crippen LogP contribution >= 0.6 is 0 Å². The lowest BCUT2D eigenvalue weighted by Gasteiger charge is -2.08. The number of carbonyl (C=O) groups excluding carboxylic acids is 1. The van der Waals surface area contributed by atoms with Crippen molar-refractivity contribution in [3.05, 3.63) is 94.8 Å². The average Bonchev–Trinajstić information content (AvgIpc) is 2.74. The quantitative estimate of drug-likeness (QED) is 0.258. The van der Waals surface area contributed by atoms with Crippen molar-refractivity contribution in [1.29, 1.82) is 0 Å². The topological polar surface area (TPSA) is 46.5 Å². The zero-order valence-electron chi connectivity index (χ0n) is 17.0. The molecule has 3 aromatic carbocycles. The summed E-state index contributed by atoms with van der Waals surface area (Å²) in [4.78, 5) is 11.5. The molecule has 0 atom stereocenters. The molecular weight excluding hydrogens is 379 g/mol. The van der Waals surface area contributed by atoms with Crippen LogP contribution in [0.25, 0.3) is 12.2 Å². The number of phenols is 1. The average molecular weight is 404 g/mol. The van der Waals surface area contributed by atoms with E-state index in [0.717, 1.165) is 19.3 Å². The second kappa shape index (κ2) is 10.4. The summed E-state index contributed by atoms with van der Waals surface area (Å²) >= 11 is 0. The van der Waals surface area contributed by atoms with E-state index in [2.05, 4.69) is 12.1 Å². The van der Waals surface area contributed by atoms with Crippen molar-refractivity contribution in [2.45, 2.75) is 26.2 Å². The Morgan fingerprint density at radius 3 is 2.47 bits per heavy atom. The highest BCUT2D eigenvalue weighted by Crippen LogP contribution is 2.26. The van der Waals surface area contributed by atoms with Crippen LogP contribution in [0.5, 0.6) is 11.5 Å². The van der Waals surface area contributed by atoms with Crippen LogP contribution in [0.1, 0.15) is 46.8 Å². The number of hydrogen-bond donors (Lipinski definition) is 1. The molecule has 3 aromatic rings. The Hall–Kier alpha value is -3.40. The molecular formula is C26H25FO3. The van der Waals surface area contributed by atoms with Crippen molar-refractivity contribution < 1.29 is 19.0 Å². The SMILES string of the molecule is CC(=O)c1cccc(C=Cc2ccc(OCCCCc3ccccc3)cc2F)c1O. The van der Waals surface area contributed by atoms with Crippen LogP contribution in [0.4, 0.5) is 4.39 Å². The molecule has 4 heteroatoms. The Kier molecular flexibility index (Phi) is 7.39. The summed E-state index contributed by atoms with van der Waals surface area (Å²) in [7, 11) is 0. The standard InChI is InChI=1S/C26H25FO3/c1-19(28)24-12-7-11-22(26(24)29)14-13-21-15-16-23(18-25(21)27)30-17-6-5-10-20-8-3-2-4-9-20/h2-4,7-9,11-16,18,29H,5-6,10,17H2,1H3. The Morgan fingerprint density at radius 1 is 0.967 bits per heavy atom. The molecule has 30 heavy (non-hydrogen) atoms. The fraction of sp³-hybridized carbons (Fsp3) is 0.192. The van der Waals surface area contributed by atoms with Gasteiger partial charge in [-0.2, -0.15) is 0 Å². The highest BCUT2D eigenvalue weighted by molar-refractivity contribution is 5.98. The first-order valence-electron chi connectivity index (χ1n) is 10.0. The van der Waals surface area contributed by atoms with Gasteiger partial charge in [0.15, 0.2) is 5.78 Å². The van der Waals surface area contributed by atoms with E-state index < -0.39 is 5.82 Å². The predicted octanol–water partition coefficient (Wildman–Crippen LogP) is 6.31. The summed E-state index contributed by atoms with van der Waals surface area (Å²) in [5.41, 5.74) is 2.38. The number of phenolic OH excluding ortho intramolecular Hbond substituents is 1. The lowest BCUT2D eigenvalue weighted by molar-refractivity contribution is 0.101. The summed E-state index contributed by atoms with van der Waals surface area (Å²) in [6.07, 6.45) is 6.06. The van der Waals surface area contributed by atoms with E-state index in [4.69, 9.17) is 4.74 Å². The maximum absolute atomic E-state index is 14.4. The molecule has 0 spiro atoms. The van der Waals surface area contributed by atoms with E-state index in [-0.39, 0.29) is 17.1 Å². The second-order valence-corrected chi connectivity index (χ2v) is 7.11. The number of unbranched alkanes of at least 4 members (excludes halogenated alkanes) is 1. The number of hydrogen-bond acceptors (Lipinski definition) is 3. The van der Waals surface area contributed by atoms with E-state index in [1.807, 2.05) is 18.2 Å². The van der Waals surface area contributed by atoms with Gasteiger partial charge in [0, 0.05) is 17.2 Å². The maximum atomic E-state index is 14.4. The summed E-state index contributed by atoms with van der Waals surface area (Å²) in [6.45, 7) is 1.93. The molecule has 1 N–H and O–H groups in total. The molecule has 0 amide bonds. The zero-order valence-corrected chi connectivity index (χ0v) is 17.0. The van der Waals surface area contributed by atoms with Crippen molar-refractivity contribution in [2.24, 2.45) is 0 Å². The molecule has 0 aliphatic rings. The number of aryl methyl sites for hydroxylation is 1. The number of ether oxygens (including phenoxy) is 1. The number of aromatic hydroxyl groups is 1. The van der Waals surface area contributed by atoms with Gasteiger partial charge in [-0.15, -0.1) is 0 Å². The second-order valence-electron chi connectivity index (χ2n) is 7.11. The fourth-order valence-electron chi connectivity index (χ4n) is 3.16. The normalized spacial score (nSPS) is 11.0. The van der Waals surface area contributed by atoms with E-state index in [0.29, 0.717) is 23.5 Å². The third kappa shape index (κ3) is 5.80. The Labute approximate surface area is 176 Å². The van der Waals surface area contributed by atoms with Crippen LogP contribution in [0, 0.1) is 5.82 Å². The number of ketones is 1. The van der Waals surface area contributed by atoms with Crippen LogP contribution in [0.2, 0.25) is 0 Å². The lowest BCUT2D eigenvalue weighted by Crippen LogP contribution is -1.99. The highest BCUT2D eigenvalue weighted by atomic mass is 19.1. The minimum absolute atomic E-state index is 0.0999. The van der Waals surface area contributed by atoms with Crippen LogP contribution in [0.3, 0.4) is 0 Å². The monoisotopic (exact) mass is 404 g/mol. The van der Waals surface area contributed by atoms with Gasteiger partial charge in [0.2, 0.25) is 0 Å². The molecule has 0 radical (unpaired) electrons. The van der Waals surface area contributed by atoms with E-state index in [9.17, 15) is 14.3 Å². The van der Waals surface area contributed by atoms with Gasteiger partial charge in [-0.1, -0.05) is 54.6 Å². The molecule has 3 nitrogen and oxygen atoms in total. The molecule has 0 fully saturated rings. The molecule has 3 rings (SSSR count). The minimum atomic E-state index is -0.407. The van der Waals surface area contributed by atoms with Crippen molar-refractivity contribution in [2.75, 3.05) is 6.61 Å². The van der Waals surface area contributed by atoms with Crippen LogP contribution in [0.15, 0.2) is 66.7 Å². The maximum Gasteiger partial charge on any atom is 0.163 e. The van der Waals surface area contributed by atoms with Gasteiger partial charge in [0.1, 0.15) is 17.3 Å². The van der Waals surface area contributed by atoms with Gasteiger partial charge < -0.3 is 9.84 Å². The molecule has 0 aliphatic carbocycles. The largest absolute Gasteiger partial charge is 0.507 e. The number of Topliss-reactive ketones (excluding diaryl/α,β-unsaturated/α-hetero) is 1. The van der Waals surface area contributed by atoms with Gasteiger partial charge >= 0.3 is 0 Å². The number of carbonyl (C=O) groups is 1. The van der Waals surface area contributed by atoms with Crippen molar-refractivity contribution >= 4 is 17.9 Å².